The van der Waals surface area contributed by atoms with Crippen LogP contribution in [0, 0.1) is 6.92 Å². The van der Waals surface area contributed by atoms with Crippen molar-refractivity contribution >= 4 is 32.2 Å². The largest absolute Gasteiger partial charge is 0.508 e. The predicted molar refractivity (Wildman–Crippen MR) is 88.8 cm³/mol. The van der Waals surface area contributed by atoms with Gasteiger partial charge in [-0.2, -0.15) is 0 Å². The Morgan fingerprint density at radius 3 is 2.61 bits per heavy atom. The molecule has 0 radical (unpaired) electrons. The Morgan fingerprint density at radius 2 is 1.87 bits per heavy atom. The van der Waals surface area contributed by atoms with Gasteiger partial charge in [0.2, 0.25) is 0 Å². The van der Waals surface area contributed by atoms with Gasteiger partial charge in [0, 0.05) is 23.4 Å². The lowest BCUT2D eigenvalue weighted by atomic mass is 10.1. The number of aromatic nitrogens is 2. The van der Waals surface area contributed by atoms with Crippen molar-refractivity contribution < 1.29 is 13.5 Å². The van der Waals surface area contributed by atoms with Gasteiger partial charge in [0.1, 0.15) is 17.9 Å². The van der Waals surface area contributed by atoms with Crippen molar-refractivity contribution in [2.24, 2.45) is 0 Å². The first-order chi connectivity index (χ1) is 10.8. The molecule has 0 saturated carbocycles. The highest BCUT2D eigenvalue weighted by molar-refractivity contribution is 7.90. The molecule has 0 amide bonds. The molecule has 0 saturated heterocycles. The van der Waals surface area contributed by atoms with Gasteiger partial charge in [-0.15, -0.1) is 0 Å². The maximum atomic E-state index is 11.8. The minimum absolute atomic E-state index is 0.133. The summed E-state index contributed by atoms with van der Waals surface area (Å²) in [5.41, 5.74) is 2.25. The second kappa shape index (κ2) is 5.51. The lowest BCUT2D eigenvalue weighted by Gasteiger charge is -2.11. The number of phenols is 1. The topological polar surface area (TPSA) is 92.2 Å². The molecule has 0 unspecified atom stereocenters. The fourth-order valence-electron chi connectivity index (χ4n) is 2.24. The van der Waals surface area contributed by atoms with Crippen LogP contribution in [-0.2, 0) is 9.84 Å². The summed E-state index contributed by atoms with van der Waals surface area (Å²) in [6, 6.07) is 9.68. The van der Waals surface area contributed by atoms with Crippen molar-refractivity contribution in [3.63, 3.8) is 0 Å². The smallest absolute Gasteiger partial charge is 0.175 e. The third kappa shape index (κ3) is 3.09. The van der Waals surface area contributed by atoms with E-state index in [1.807, 2.05) is 6.92 Å². The summed E-state index contributed by atoms with van der Waals surface area (Å²) in [6.07, 6.45) is 2.56. The lowest BCUT2D eigenvalue weighted by molar-refractivity contribution is 0.475. The fraction of sp³-hybridized carbons (Fsp3) is 0.125. The van der Waals surface area contributed by atoms with Crippen LogP contribution < -0.4 is 5.32 Å². The highest BCUT2D eigenvalue weighted by atomic mass is 32.2. The fourth-order valence-corrected chi connectivity index (χ4v) is 2.89. The number of benzene rings is 2. The maximum absolute atomic E-state index is 11.8. The van der Waals surface area contributed by atoms with E-state index < -0.39 is 9.84 Å². The molecule has 0 aliphatic rings. The van der Waals surface area contributed by atoms with Crippen molar-refractivity contribution in [2.75, 3.05) is 11.6 Å². The molecule has 6 nitrogen and oxygen atoms in total. The average Bonchev–Trinajstić information content (AvgIpc) is 2.50. The van der Waals surface area contributed by atoms with E-state index in [2.05, 4.69) is 15.3 Å². The Balaban J connectivity index is 2.15. The molecule has 0 spiro atoms. The molecule has 7 heteroatoms. The van der Waals surface area contributed by atoms with E-state index >= 15 is 0 Å². The van der Waals surface area contributed by atoms with Gasteiger partial charge in [-0.1, -0.05) is 6.07 Å². The van der Waals surface area contributed by atoms with Gasteiger partial charge in [0.05, 0.1) is 10.4 Å². The monoisotopic (exact) mass is 329 g/mol. The summed E-state index contributed by atoms with van der Waals surface area (Å²) >= 11 is 0. The first-order valence-corrected chi connectivity index (χ1v) is 8.75. The quantitative estimate of drug-likeness (QED) is 0.767. The average molecular weight is 329 g/mol. The third-order valence-electron chi connectivity index (χ3n) is 3.51. The van der Waals surface area contributed by atoms with Crippen LogP contribution in [0.15, 0.2) is 47.6 Å². The highest BCUT2D eigenvalue weighted by Crippen LogP contribution is 2.28. The van der Waals surface area contributed by atoms with E-state index in [0.717, 1.165) is 11.8 Å². The van der Waals surface area contributed by atoms with Crippen LogP contribution in [0.4, 0.5) is 11.5 Å². The van der Waals surface area contributed by atoms with E-state index in [9.17, 15) is 13.5 Å². The number of nitrogens with one attached hydrogen (secondary N) is 1. The van der Waals surface area contributed by atoms with E-state index in [-0.39, 0.29) is 10.6 Å². The molecule has 0 fully saturated rings. The zero-order chi connectivity index (χ0) is 16.6. The summed E-state index contributed by atoms with van der Waals surface area (Å²) in [4.78, 5) is 8.55. The van der Waals surface area contributed by atoms with Crippen molar-refractivity contribution in [2.45, 2.75) is 11.8 Å². The van der Waals surface area contributed by atoms with Gasteiger partial charge in [0.25, 0.3) is 0 Å². The number of sulfone groups is 1. The Hall–Kier alpha value is -2.67. The molecule has 0 aliphatic heterocycles. The molecule has 3 aromatic rings. The molecular weight excluding hydrogens is 314 g/mol. The van der Waals surface area contributed by atoms with Crippen LogP contribution in [0.5, 0.6) is 5.75 Å². The Labute approximate surface area is 133 Å². The number of hydrogen-bond donors (Lipinski definition) is 2. The van der Waals surface area contributed by atoms with Gasteiger partial charge < -0.3 is 10.4 Å². The standard InChI is InChI=1S/C16H15N3O3S/c1-10-3-4-11(20)7-15(10)19-16-13-8-12(23(2,21)22)5-6-14(13)17-9-18-16/h3-9,20H,1-2H3,(H,17,18,19). The Bertz CT molecular complexity index is 1000. The highest BCUT2D eigenvalue weighted by Gasteiger charge is 2.12. The first kappa shape index (κ1) is 15.2. The minimum atomic E-state index is -3.32. The molecule has 2 aromatic carbocycles. The number of aryl methyl sites for hydroxylation is 1. The summed E-state index contributed by atoms with van der Waals surface area (Å²) < 4.78 is 23.5. The van der Waals surface area contributed by atoms with Crippen LogP contribution in [0.25, 0.3) is 10.9 Å². The van der Waals surface area contributed by atoms with E-state index in [1.54, 1.807) is 30.3 Å². The summed E-state index contributed by atoms with van der Waals surface area (Å²) in [5.74, 6) is 0.613. The molecule has 2 N–H and O–H groups in total. The maximum Gasteiger partial charge on any atom is 0.175 e. The van der Waals surface area contributed by atoms with Crippen molar-refractivity contribution in [1.82, 2.24) is 9.97 Å². The molecule has 0 atom stereocenters. The summed E-state index contributed by atoms with van der Waals surface area (Å²) in [7, 11) is -3.32. The second-order valence-corrected chi connectivity index (χ2v) is 7.31. The molecular formula is C16H15N3O3S. The third-order valence-corrected chi connectivity index (χ3v) is 4.62. The number of fused-ring (bicyclic) bond motifs is 1. The lowest BCUT2D eigenvalue weighted by Crippen LogP contribution is -2.00. The molecule has 0 bridgehead atoms. The van der Waals surface area contributed by atoms with Crippen LogP contribution in [0.2, 0.25) is 0 Å². The first-order valence-electron chi connectivity index (χ1n) is 6.86. The number of rotatable bonds is 3. The van der Waals surface area contributed by atoms with Gasteiger partial charge in [-0.3, -0.25) is 0 Å². The van der Waals surface area contributed by atoms with Crippen molar-refractivity contribution in [3.05, 3.63) is 48.3 Å². The number of aromatic hydroxyl groups is 1. The van der Waals surface area contributed by atoms with E-state index in [0.29, 0.717) is 22.4 Å². The molecule has 23 heavy (non-hydrogen) atoms. The summed E-state index contributed by atoms with van der Waals surface area (Å²) in [5, 5.41) is 13.4. The van der Waals surface area contributed by atoms with Gasteiger partial charge in [0.15, 0.2) is 9.84 Å². The van der Waals surface area contributed by atoms with Gasteiger partial charge >= 0.3 is 0 Å². The van der Waals surface area contributed by atoms with Gasteiger partial charge in [-0.25, -0.2) is 18.4 Å². The second-order valence-electron chi connectivity index (χ2n) is 5.30. The van der Waals surface area contributed by atoms with Crippen molar-refractivity contribution in [3.8, 4) is 5.75 Å². The van der Waals surface area contributed by atoms with Crippen molar-refractivity contribution in [1.29, 1.82) is 0 Å². The van der Waals surface area contributed by atoms with Crippen LogP contribution >= 0.6 is 0 Å². The predicted octanol–water partition coefficient (Wildman–Crippen LogP) is 2.79. The molecule has 0 aliphatic carbocycles. The summed E-state index contributed by atoms with van der Waals surface area (Å²) in [6.45, 7) is 1.90. The Kier molecular flexibility index (Phi) is 3.65. The number of phenolic OH excluding ortho intramolecular Hbond substituents is 1. The van der Waals surface area contributed by atoms with Gasteiger partial charge in [-0.05, 0) is 36.8 Å². The molecule has 3 rings (SSSR count). The molecule has 1 aromatic heterocycles. The Morgan fingerprint density at radius 1 is 1.09 bits per heavy atom. The number of nitrogens with zero attached hydrogens (tertiary/aromatic N) is 2. The normalized spacial score (nSPS) is 11.6. The van der Waals surface area contributed by atoms with E-state index in [1.165, 1.54) is 12.4 Å². The van der Waals surface area contributed by atoms with Crippen LogP contribution in [-0.4, -0.2) is 29.7 Å². The molecule has 1 heterocycles. The SMILES string of the molecule is Cc1ccc(O)cc1Nc1ncnc2ccc(S(C)(=O)=O)cc12. The number of hydrogen-bond acceptors (Lipinski definition) is 6. The van der Waals surface area contributed by atoms with Crippen LogP contribution in [0.3, 0.4) is 0 Å². The minimum Gasteiger partial charge on any atom is -0.508 e. The zero-order valence-corrected chi connectivity index (χ0v) is 13.4. The number of anilines is 2. The van der Waals surface area contributed by atoms with Crippen LogP contribution in [0.1, 0.15) is 5.56 Å². The van der Waals surface area contributed by atoms with E-state index in [4.69, 9.17) is 0 Å². The zero-order valence-electron chi connectivity index (χ0n) is 12.6. The molecule has 118 valence electrons.